The molecule has 0 aromatic rings. The molecule has 0 N–H and O–H groups in total. The molecule has 0 saturated heterocycles. The Hall–Kier alpha value is 0.157. The van der Waals surface area contributed by atoms with Gasteiger partial charge in [-0.2, -0.15) is 0 Å². The summed E-state index contributed by atoms with van der Waals surface area (Å²) in [5.41, 5.74) is 0. The van der Waals surface area contributed by atoms with Gasteiger partial charge in [0, 0.05) is 25.3 Å². The molecule has 9 heavy (non-hydrogen) atoms. The van der Waals surface area contributed by atoms with Gasteiger partial charge in [-0.25, -0.2) is 0 Å². The van der Waals surface area contributed by atoms with Crippen LogP contribution in [-0.2, 0) is 0 Å². The minimum absolute atomic E-state index is 0. The van der Waals surface area contributed by atoms with E-state index in [0.717, 1.165) is 6.42 Å². The maximum Gasteiger partial charge on any atom is 0.00860 e. The summed E-state index contributed by atoms with van der Waals surface area (Å²) in [6.45, 7) is 2.20. The van der Waals surface area contributed by atoms with Crippen LogP contribution in [0.15, 0.2) is 0 Å². The van der Waals surface area contributed by atoms with Crippen molar-refractivity contribution in [3.63, 3.8) is 0 Å². The van der Waals surface area contributed by atoms with Gasteiger partial charge in [0.15, 0.2) is 0 Å². The van der Waals surface area contributed by atoms with Gasteiger partial charge in [-0.05, 0) is 6.42 Å². The number of terminal acetylenes is 1. The second-order valence-corrected chi connectivity index (χ2v) is 2.01. The molecule has 47 valence electrons. The fourth-order valence-electron chi connectivity index (χ4n) is 0.654. The van der Waals surface area contributed by atoms with Crippen molar-refractivity contribution < 1.29 is 0 Å². The molecule has 0 heterocycles. The van der Waals surface area contributed by atoms with Crippen molar-refractivity contribution >= 4 is 18.9 Å². The molecule has 1 heteroatoms. The van der Waals surface area contributed by atoms with Gasteiger partial charge in [-0.1, -0.05) is 26.2 Å². The van der Waals surface area contributed by atoms with Crippen molar-refractivity contribution in [2.75, 3.05) is 0 Å². The van der Waals surface area contributed by atoms with E-state index in [0.29, 0.717) is 0 Å². The molecule has 0 rings (SSSR count). The van der Waals surface area contributed by atoms with Crippen LogP contribution in [-0.4, -0.2) is 18.9 Å². The van der Waals surface area contributed by atoms with Crippen molar-refractivity contribution in [3.8, 4) is 12.3 Å². The Balaban J connectivity index is 0. The van der Waals surface area contributed by atoms with Gasteiger partial charge in [-0.15, -0.1) is 12.3 Å². The number of rotatable bonds is 4. The third-order valence-corrected chi connectivity index (χ3v) is 1.17. The molecule has 0 saturated carbocycles. The minimum Gasteiger partial charge on any atom is -0.120 e. The van der Waals surface area contributed by atoms with E-state index in [-0.39, 0.29) is 18.9 Å². The number of unbranched alkanes of at least 4 members (excludes halogenated alkanes) is 4. The first kappa shape index (κ1) is 11.9. The zero-order chi connectivity index (χ0) is 6.24. The van der Waals surface area contributed by atoms with Gasteiger partial charge in [0.25, 0.3) is 0 Å². The van der Waals surface area contributed by atoms with Crippen LogP contribution >= 0.6 is 0 Å². The first-order valence-corrected chi connectivity index (χ1v) is 3.35. The molecule has 0 aromatic heterocycles. The van der Waals surface area contributed by atoms with Crippen LogP contribution in [0.1, 0.15) is 39.0 Å². The van der Waals surface area contributed by atoms with E-state index in [2.05, 4.69) is 12.8 Å². The SMILES string of the molecule is C#CCCCCCC.[Li]. The molecule has 0 aliphatic carbocycles. The minimum atomic E-state index is 0. The summed E-state index contributed by atoms with van der Waals surface area (Å²) in [4.78, 5) is 0. The molecular formula is C8H14Li. The average molecular weight is 117 g/mol. The Kier molecular flexibility index (Phi) is 14.6. The molecule has 1 radical (unpaired) electrons. The smallest absolute Gasteiger partial charge is 0.00860 e. The molecule has 0 unspecified atom stereocenters. The zero-order valence-electron chi connectivity index (χ0n) is 6.61. The van der Waals surface area contributed by atoms with Gasteiger partial charge < -0.3 is 0 Å². The summed E-state index contributed by atoms with van der Waals surface area (Å²) in [6.07, 6.45) is 11.2. The molecule has 0 bridgehead atoms. The summed E-state index contributed by atoms with van der Waals surface area (Å²) in [6, 6.07) is 0. The standard InChI is InChI=1S/C8H14.Li/c1-3-5-7-8-6-4-2;/h1H,4-8H2,2H3;. The molecule has 0 amide bonds. The van der Waals surface area contributed by atoms with Crippen LogP contribution in [0.3, 0.4) is 0 Å². The van der Waals surface area contributed by atoms with Crippen molar-refractivity contribution in [3.05, 3.63) is 0 Å². The van der Waals surface area contributed by atoms with Crippen molar-refractivity contribution in [1.82, 2.24) is 0 Å². The van der Waals surface area contributed by atoms with Gasteiger partial charge in [0.05, 0.1) is 0 Å². The van der Waals surface area contributed by atoms with E-state index in [1.54, 1.807) is 0 Å². The van der Waals surface area contributed by atoms with E-state index in [9.17, 15) is 0 Å². The summed E-state index contributed by atoms with van der Waals surface area (Å²) in [7, 11) is 0. The number of hydrogen-bond donors (Lipinski definition) is 0. The molecular weight excluding hydrogens is 103 g/mol. The normalized spacial score (nSPS) is 7.56. The third kappa shape index (κ3) is 11.6. The van der Waals surface area contributed by atoms with Crippen molar-refractivity contribution in [1.29, 1.82) is 0 Å². The largest absolute Gasteiger partial charge is 0.120 e. The van der Waals surface area contributed by atoms with Crippen LogP contribution in [0.5, 0.6) is 0 Å². The predicted octanol–water partition coefficient (Wildman–Crippen LogP) is 2.21. The van der Waals surface area contributed by atoms with Crippen LogP contribution in [0.4, 0.5) is 0 Å². The molecule has 0 nitrogen and oxygen atoms in total. The maximum absolute atomic E-state index is 5.06. The summed E-state index contributed by atoms with van der Waals surface area (Å²) in [5, 5.41) is 0. The first-order valence-electron chi connectivity index (χ1n) is 3.35. The molecule has 0 aliphatic heterocycles. The van der Waals surface area contributed by atoms with Crippen LogP contribution < -0.4 is 0 Å². The third-order valence-electron chi connectivity index (χ3n) is 1.17. The second kappa shape index (κ2) is 11.0. The predicted molar refractivity (Wildman–Crippen MR) is 43.3 cm³/mol. The molecule has 0 aromatic carbocycles. The Morgan fingerprint density at radius 2 is 1.89 bits per heavy atom. The van der Waals surface area contributed by atoms with Crippen molar-refractivity contribution in [2.45, 2.75) is 39.0 Å². The van der Waals surface area contributed by atoms with E-state index < -0.39 is 0 Å². The van der Waals surface area contributed by atoms with E-state index in [1.165, 1.54) is 25.7 Å². The summed E-state index contributed by atoms with van der Waals surface area (Å²) >= 11 is 0. The first-order chi connectivity index (χ1) is 3.91. The summed E-state index contributed by atoms with van der Waals surface area (Å²) in [5.74, 6) is 2.63. The summed E-state index contributed by atoms with van der Waals surface area (Å²) < 4.78 is 0. The van der Waals surface area contributed by atoms with Crippen LogP contribution in [0.2, 0.25) is 0 Å². The Labute approximate surface area is 70.6 Å². The Morgan fingerprint density at radius 3 is 2.33 bits per heavy atom. The fourth-order valence-corrected chi connectivity index (χ4v) is 0.654. The van der Waals surface area contributed by atoms with Gasteiger partial charge in [0.2, 0.25) is 0 Å². The number of hydrogen-bond acceptors (Lipinski definition) is 0. The average Bonchev–Trinajstić information content (AvgIpc) is 1.81. The molecule has 0 spiro atoms. The fraction of sp³-hybridized carbons (Fsp3) is 0.750. The van der Waals surface area contributed by atoms with Gasteiger partial charge in [-0.3, -0.25) is 0 Å². The zero-order valence-corrected chi connectivity index (χ0v) is 6.61. The Morgan fingerprint density at radius 1 is 1.22 bits per heavy atom. The topological polar surface area (TPSA) is 0 Å². The monoisotopic (exact) mass is 117 g/mol. The molecule has 0 atom stereocenters. The van der Waals surface area contributed by atoms with E-state index in [4.69, 9.17) is 6.42 Å². The molecule has 0 fully saturated rings. The van der Waals surface area contributed by atoms with Crippen molar-refractivity contribution in [2.24, 2.45) is 0 Å². The van der Waals surface area contributed by atoms with Crippen LogP contribution in [0.25, 0.3) is 0 Å². The maximum atomic E-state index is 5.06. The van der Waals surface area contributed by atoms with Gasteiger partial charge in [0.1, 0.15) is 0 Å². The quantitative estimate of drug-likeness (QED) is 0.301. The van der Waals surface area contributed by atoms with Gasteiger partial charge >= 0.3 is 0 Å². The van der Waals surface area contributed by atoms with Crippen LogP contribution in [0, 0.1) is 12.3 Å². The molecule has 0 aliphatic rings. The van der Waals surface area contributed by atoms with E-state index >= 15 is 0 Å². The second-order valence-electron chi connectivity index (χ2n) is 2.01. The van der Waals surface area contributed by atoms with E-state index in [1.807, 2.05) is 0 Å². The Bertz CT molecular complexity index is 71.1.